The van der Waals surface area contributed by atoms with Gasteiger partial charge in [-0.15, -0.1) is 0 Å². The van der Waals surface area contributed by atoms with Crippen molar-refractivity contribution in [2.24, 2.45) is 0 Å². The number of aromatic nitrogens is 5. The highest BCUT2D eigenvalue weighted by Gasteiger charge is 2.21. The van der Waals surface area contributed by atoms with Gasteiger partial charge < -0.3 is 27.0 Å². The fourth-order valence-electron chi connectivity index (χ4n) is 16.2. The molecule has 102 heavy (non-hydrogen) atoms. The first kappa shape index (κ1) is 56.2. The highest BCUT2D eigenvalue weighted by atomic mass is 16.3. The SMILES string of the molecule is c1cc(-c2nc(-c3ccc(-n4c5ccccc5c5cc(-c6ccc7c(c6)oc6ccccc67)ccc54)cc3)cc(-c3ccc(-n4c5ccccc5c5cc(-c6ccc7c(c6)oc6ccccc67)ccc54)cc3)n2)cc(-n2c3ccccc3c3cc(-c4ccc5c(c4)oc4ccccc45)ccc32)c1. The number of hydrogen-bond acceptors (Lipinski definition) is 5. The van der Waals surface area contributed by atoms with Gasteiger partial charge in [-0.1, -0.05) is 182 Å². The molecule has 0 atom stereocenters. The molecule has 7 heterocycles. The van der Waals surface area contributed by atoms with E-state index in [1.807, 2.05) is 36.4 Å². The molecule has 0 saturated heterocycles. The predicted octanol–water partition coefficient (Wildman–Crippen LogP) is 25.5. The fourth-order valence-corrected chi connectivity index (χ4v) is 16.2. The summed E-state index contributed by atoms with van der Waals surface area (Å²) in [5.41, 5.74) is 26.3. The number of hydrogen-bond donors (Lipinski definition) is 0. The minimum Gasteiger partial charge on any atom is -0.456 e. The topological polar surface area (TPSA) is 80.0 Å². The molecule has 0 aliphatic heterocycles. The molecular formula is C94H55N5O3. The third-order valence-corrected chi connectivity index (χ3v) is 21.1. The third-order valence-electron chi connectivity index (χ3n) is 21.1. The Kier molecular flexibility index (Phi) is 12.0. The van der Waals surface area contributed by atoms with E-state index in [1.54, 1.807) is 0 Å². The lowest BCUT2D eigenvalue weighted by Gasteiger charge is -2.14. The van der Waals surface area contributed by atoms with E-state index < -0.39 is 0 Å². The van der Waals surface area contributed by atoms with Crippen LogP contribution in [-0.2, 0) is 0 Å². The zero-order valence-corrected chi connectivity index (χ0v) is 54.7. The second-order valence-corrected chi connectivity index (χ2v) is 26.8. The predicted molar refractivity (Wildman–Crippen MR) is 419 cm³/mol. The van der Waals surface area contributed by atoms with Crippen molar-refractivity contribution in [3.05, 3.63) is 334 Å². The Morgan fingerprint density at radius 3 is 0.873 bits per heavy atom. The summed E-state index contributed by atoms with van der Waals surface area (Å²) in [6.07, 6.45) is 0. The molecule has 0 spiro atoms. The van der Waals surface area contributed by atoms with E-state index in [-0.39, 0.29) is 0 Å². The van der Waals surface area contributed by atoms with Gasteiger partial charge in [0.1, 0.15) is 33.5 Å². The van der Waals surface area contributed by atoms with Gasteiger partial charge in [-0.3, -0.25) is 0 Å². The van der Waals surface area contributed by atoms with Gasteiger partial charge >= 0.3 is 0 Å². The monoisotopic (exact) mass is 1300 g/mol. The molecule has 22 aromatic rings. The largest absolute Gasteiger partial charge is 0.456 e. The molecule has 22 rings (SSSR count). The Balaban J connectivity index is 0.652. The Morgan fingerprint density at radius 2 is 0.480 bits per heavy atom. The van der Waals surface area contributed by atoms with Crippen LogP contribution in [0.3, 0.4) is 0 Å². The first-order valence-electron chi connectivity index (χ1n) is 34.6. The maximum atomic E-state index is 6.37. The molecule has 8 nitrogen and oxygen atoms in total. The van der Waals surface area contributed by atoms with Crippen molar-refractivity contribution < 1.29 is 13.3 Å². The Bertz CT molecular complexity index is 6960. The maximum Gasteiger partial charge on any atom is 0.160 e. The first-order valence-corrected chi connectivity index (χ1v) is 34.6. The smallest absolute Gasteiger partial charge is 0.160 e. The van der Waals surface area contributed by atoms with Crippen molar-refractivity contribution in [1.29, 1.82) is 0 Å². The average molecular weight is 1300 g/mol. The molecule has 0 bridgehead atoms. The second kappa shape index (κ2) is 21.8. The van der Waals surface area contributed by atoms with Gasteiger partial charge in [0.2, 0.25) is 0 Å². The van der Waals surface area contributed by atoms with Crippen LogP contribution in [0, 0.1) is 0 Å². The van der Waals surface area contributed by atoms with Crippen LogP contribution in [0.15, 0.2) is 347 Å². The van der Waals surface area contributed by atoms with Crippen molar-refractivity contribution in [3.63, 3.8) is 0 Å². The molecule has 0 saturated carbocycles. The fraction of sp³-hybridized carbons (Fsp3) is 0. The number of fused-ring (bicyclic) bond motifs is 18. The molecular weight excluding hydrogens is 1250 g/mol. The molecule has 8 heteroatoms. The molecule has 0 radical (unpaired) electrons. The Morgan fingerprint density at radius 1 is 0.176 bits per heavy atom. The number of furan rings is 3. The van der Waals surface area contributed by atoms with Crippen molar-refractivity contribution in [2.45, 2.75) is 0 Å². The summed E-state index contributed by atoms with van der Waals surface area (Å²) in [7, 11) is 0. The summed E-state index contributed by atoms with van der Waals surface area (Å²) in [6.45, 7) is 0. The second-order valence-electron chi connectivity index (χ2n) is 26.8. The number of para-hydroxylation sites is 6. The van der Waals surface area contributed by atoms with Crippen LogP contribution in [0.2, 0.25) is 0 Å². The zero-order chi connectivity index (χ0) is 66.7. The lowest BCUT2D eigenvalue weighted by molar-refractivity contribution is 0.668. The molecule has 0 amide bonds. The third kappa shape index (κ3) is 8.69. The molecule has 7 aromatic heterocycles. The van der Waals surface area contributed by atoms with E-state index in [4.69, 9.17) is 23.2 Å². The van der Waals surface area contributed by atoms with Gasteiger partial charge in [0.05, 0.1) is 44.5 Å². The molecule has 0 N–H and O–H groups in total. The number of nitrogens with zero attached hydrogens (tertiary/aromatic N) is 5. The molecule has 0 aliphatic rings. The lowest BCUT2D eigenvalue weighted by Crippen LogP contribution is -1.99. The van der Waals surface area contributed by atoms with E-state index in [9.17, 15) is 0 Å². The summed E-state index contributed by atoms with van der Waals surface area (Å²) in [4.78, 5) is 11.0. The van der Waals surface area contributed by atoms with Gasteiger partial charge in [0, 0.05) is 98.4 Å². The van der Waals surface area contributed by atoms with Crippen molar-refractivity contribution in [2.75, 3.05) is 0 Å². The van der Waals surface area contributed by atoms with Crippen LogP contribution < -0.4 is 0 Å². The summed E-state index contributed by atoms with van der Waals surface area (Å²) in [5.74, 6) is 0.622. The van der Waals surface area contributed by atoms with E-state index in [0.717, 1.165) is 183 Å². The van der Waals surface area contributed by atoms with E-state index in [2.05, 4.69) is 311 Å². The zero-order valence-electron chi connectivity index (χ0n) is 54.7. The minimum atomic E-state index is 0.622. The quantitative estimate of drug-likeness (QED) is 0.144. The number of rotatable bonds is 9. The Hall–Kier alpha value is -13.8. The molecule has 474 valence electrons. The Labute approximate surface area is 582 Å². The van der Waals surface area contributed by atoms with Crippen LogP contribution in [-0.4, -0.2) is 23.7 Å². The van der Waals surface area contributed by atoms with Gasteiger partial charge in [-0.05, 0) is 185 Å². The van der Waals surface area contributed by atoms with Crippen molar-refractivity contribution in [1.82, 2.24) is 23.7 Å². The number of benzene rings is 15. The van der Waals surface area contributed by atoms with Gasteiger partial charge in [0.25, 0.3) is 0 Å². The summed E-state index contributed by atoms with van der Waals surface area (Å²) in [6, 6.07) is 119. The van der Waals surface area contributed by atoms with E-state index in [0.29, 0.717) is 5.82 Å². The summed E-state index contributed by atoms with van der Waals surface area (Å²) < 4.78 is 26.2. The first-order chi connectivity index (χ1) is 50.5. The van der Waals surface area contributed by atoms with E-state index >= 15 is 0 Å². The molecule has 15 aromatic carbocycles. The highest BCUT2D eigenvalue weighted by molar-refractivity contribution is 6.15. The van der Waals surface area contributed by atoms with Crippen LogP contribution in [0.25, 0.3) is 216 Å². The highest BCUT2D eigenvalue weighted by Crippen LogP contribution is 2.43. The van der Waals surface area contributed by atoms with Crippen molar-refractivity contribution >= 4 is 131 Å². The lowest BCUT2D eigenvalue weighted by atomic mass is 10.0. The van der Waals surface area contributed by atoms with Crippen molar-refractivity contribution in [3.8, 4) is 84.3 Å². The van der Waals surface area contributed by atoms with E-state index in [1.165, 1.54) is 26.9 Å². The van der Waals surface area contributed by atoms with Gasteiger partial charge in [-0.2, -0.15) is 0 Å². The van der Waals surface area contributed by atoms with Gasteiger partial charge in [-0.25, -0.2) is 9.97 Å². The van der Waals surface area contributed by atoms with Crippen LogP contribution in [0.4, 0.5) is 0 Å². The molecule has 0 fully saturated rings. The normalized spacial score (nSPS) is 12.1. The molecule has 0 unspecified atom stereocenters. The molecule has 0 aliphatic carbocycles. The average Bonchev–Trinajstić information content (AvgIpc) is 1.60. The summed E-state index contributed by atoms with van der Waals surface area (Å²) >= 11 is 0. The minimum absolute atomic E-state index is 0.622. The summed E-state index contributed by atoms with van der Waals surface area (Å²) in [5, 5.41) is 13.8. The standard InChI is InChI=1S/C94H55N5O3/c1-7-22-82-68(16-1)77-49-58(61-32-42-74-71-19-4-10-25-88(71)100-91(74)52-61)35-45-85(77)97(82)65-38-28-56(29-39-65)80-55-81(57-30-40-66(41-31-57)98-83-23-8-2-17-69(83)78-50-59(36-46-86(78)98)62-33-43-75-72-20-5-11-26-89(72)101-92(75)53-62)96-94(95-80)64-14-13-15-67(48-64)99-84-24-9-3-18-70(84)79-51-60(37-47-87(79)99)63-34-44-76-73-21-6-12-27-90(73)102-93(76)54-63/h1-55H. The van der Waals surface area contributed by atoms with Crippen LogP contribution in [0.5, 0.6) is 0 Å². The van der Waals surface area contributed by atoms with Gasteiger partial charge in [0.15, 0.2) is 5.82 Å². The maximum absolute atomic E-state index is 6.37. The van der Waals surface area contributed by atoms with Crippen LogP contribution in [0.1, 0.15) is 0 Å². The van der Waals surface area contributed by atoms with Crippen LogP contribution >= 0.6 is 0 Å².